The van der Waals surface area contributed by atoms with Crippen LogP contribution in [-0.4, -0.2) is 24.9 Å². The lowest BCUT2D eigenvalue weighted by atomic mass is 9.96. The fraction of sp³-hybridized carbons (Fsp3) is 0.263. The number of hydrogen-bond donors (Lipinski definition) is 1. The quantitative estimate of drug-likeness (QED) is 0.770. The minimum atomic E-state index is 0.0328. The normalized spacial score (nSPS) is 20.0. The first kappa shape index (κ1) is 16.8. The lowest BCUT2D eigenvalue weighted by Crippen LogP contribution is -2.18. The van der Waals surface area contributed by atoms with E-state index in [-0.39, 0.29) is 11.3 Å². The van der Waals surface area contributed by atoms with Gasteiger partial charge in [0.2, 0.25) is 0 Å². The molecule has 132 valence electrons. The highest BCUT2D eigenvalue weighted by molar-refractivity contribution is 8.14. The maximum absolute atomic E-state index is 6.16. The molecule has 2 N–H and O–H groups in total. The van der Waals surface area contributed by atoms with Crippen LogP contribution in [0.4, 0.5) is 0 Å². The molecule has 7 heteroatoms. The van der Waals surface area contributed by atoms with Crippen molar-refractivity contribution in [1.82, 2.24) is 19.7 Å². The second kappa shape index (κ2) is 6.92. The van der Waals surface area contributed by atoms with E-state index >= 15 is 0 Å². The molecule has 3 heterocycles. The number of hydrogen-bond acceptors (Lipinski definition) is 6. The van der Waals surface area contributed by atoms with Crippen molar-refractivity contribution in [3.63, 3.8) is 0 Å². The smallest absolute Gasteiger partial charge is 0.155 e. The number of aryl methyl sites for hydroxylation is 2. The van der Waals surface area contributed by atoms with E-state index in [1.54, 1.807) is 11.8 Å². The Morgan fingerprint density at radius 1 is 1.19 bits per heavy atom. The zero-order chi connectivity index (χ0) is 18.1. The molecule has 1 aliphatic rings. The van der Waals surface area contributed by atoms with Crippen LogP contribution in [0.5, 0.6) is 0 Å². The van der Waals surface area contributed by atoms with Gasteiger partial charge < -0.3 is 5.73 Å². The van der Waals surface area contributed by atoms with Gasteiger partial charge >= 0.3 is 0 Å². The monoisotopic (exact) mass is 364 g/mol. The minimum Gasteiger partial charge on any atom is -0.379 e. The molecule has 2 atom stereocenters. The Kier molecular flexibility index (Phi) is 4.46. The van der Waals surface area contributed by atoms with Gasteiger partial charge in [0.15, 0.2) is 5.17 Å². The number of aromatic nitrogens is 4. The molecule has 0 unspecified atom stereocenters. The summed E-state index contributed by atoms with van der Waals surface area (Å²) in [5.41, 5.74) is 11.7. The van der Waals surface area contributed by atoms with Crippen LogP contribution in [0.25, 0.3) is 11.1 Å². The third-order valence-corrected chi connectivity index (χ3v) is 5.62. The fourth-order valence-corrected chi connectivity index (χ4v) is 4.46. The number of rotatable bonds is 3. The highest BCUT2D eigenvalue weighted by Gasteiger charge is 2.28. The predicted molar refractivity (Wildman–Crippen MR) is 105 cm³/mol. The van der Waals surface area contributed by atoms with Crippen molar-refractivity contribution >= 4 is 16.9 Å². The van der Waals surface area contributed by atoms with E-state index in [1.807, 2.05) is 31.0 Å². The lowest BCUT2D eigenvalue weighted by molar-refractivity contribution is 0.638. The van der Waals surface area contributed by atoms with E-state index in [0.29, 0.717) is 5.17 Å². The highest BCUT2D eigenvalue weighted by atomic mass is 32.2. The zero-order valence-corrected chi connectivity index (χ0v) is 15.5. The maximum atomic E-state index is 6.16. The van der Waals surface area contributed by atoms with E-state index in [9.17, 15) is 0 Å². The van der Waals surface area contributed by atoms with Gasteiger partial charge in [0.25, 0.3) is 0 Å². The highest BCUT2D eigenvalue weighted by Crippen LogP contribution is 2.44. The van der Waals surface area contributed by atoms with Crippen LogP contribution < -0.4 is 5.73 Å². The van der Waals surface area contributed by atoms with Gasteiger partial charge in [0, 0.05) is 42.0 Å². The Labute approximate surface area is 156 Å². The molecule has 0 radical (unpaired) electrons. The van der Waals surface area contributed by atoms with Crippen LogP contribution >= 0.6 is 11.8 Å². The summed E-state index contributed by atoms with van der Waals surface area (Å²) in [5, 5.41) is 5.36. The molecular weight excluding hydrogens is 344 g/mol. The van der Waals surface area contributed by atoms with E-state index in [0.717, 1.165) is 28.8 Å². The maximum Gasteiger partial charge on any atom is 0.155 e. The molecule has 0 amide bonds. The number of thioether (sulfide) groups is 1. The Bertz CT molecular complexity index is 950. The van der Waals surface area contributed by atoms with Crippen LogP contribution in [-0.2, 0) is 7.05 Å². The lowest BCUT2D eigenvalue weighted by Gasteiger charge is -2.26. The Morgan fingerprint density at radius 2 is 2.00 bits per heavy atom. The summed E-state index contributed by atoms with van der Waals surface area (Å²) in [4.78, 5) is 12.9. The van der Waals surface area contributed by atoms with Crippen LogP contribution in [0.1, 0.15) is 34.5 Å². The van der Waals surface area contributed by atoms with Gasteiger partial charge in [-0.1, -0.05) is 30.0 Å². The molecule has 0 spiro atoms. The predicted octanol–water partition coefficient (Wildman–Crippen LogP) is 3.42. The summed E-state index contributed by atoms with van der Waals surface area (Å²) in [6.07, 6.45) is 8.16. The van der Waals surface area contributed by atoms with Gasteiger partial charge in [-0.3, -0.25) is 9.67 Å². The second-order valence-electron chi connectivity index (χ2n) is 6.42. The molecule has 4 rings (SSSR count). The van der Waals surface area contributed by atoms with Crippen LogP contribution in [0.15, 0.2) is 54.2 Å². The number of nitrogens with two attached hydrogens (primary N) is 1. The number of benzene rings is 1. The first-order valence-electron chi connectivity index (χ1n) is 8.45. The fourth-order valence-electron chi connectivity index (χ4n) is 3.34. The summed E-state index contributed by atoms with van der Waals surface area (Å²) < 4.78 is 1.86. The van der Waals surface area contributed by atoms with Crippen molar-refractivity contribution in [1.29, 1.82) is 0 Å². The van der Waals surface area contributed by atoms with E-state index in [2.05, 4.69) is 45.5 Å². The molecule has 1 aliphatic heterocycles. The molecular formula is C19H20N6S. The molecule has 3 aromatic rings. The third-order valence-electron chi connectivity index (χ3n) is 4.55. The van der Waals surface area contributed by atoms with E-state index < -0.39 is 0 Å². The Balaban J connectivity index is 1.65. The van der Waals surface area contributed by atoms with Crippen molar-refractivity contribution in [3.05, 3.63) is 66.0 Å². The van der Waals surface area contributed by atoms with E-state index in [4.69, 9.17) is 10.7 Å². The average Bonchev–Trinajstić information content (AvgIpc) is 3.00. The summed E-state index contributed by atoms with van der Waals surface area (Å²) in [5.74, 6) is 0. The molecule has 0 saturated heterocycles. The largest absolute Gasteiger partial charge is 0.379 e. The van der Waals surface area contributed by atoms with Gasteiger partial charge in [-0.25, -0.2) is 9.97 Å². The average molecular weight is 364 g/mol. The first-order chi connectivity index (χ1) is 12.6. The Morgan fingerprint density at radius 3 is 2.73 bits per heavy atom. The number of nitrogens with zero attached hydrogens (tertiary/aromatic N) is 5. The van der Waals surface area contributed by atoms with Crippen LogP contribution in [0, 0.1) is 6.92 Å². The Hall–Kier alpha value is -2.67. The number of amidine groups is 1. The van der Waals surface area contributed by atoms with Crippen LogP contribution in [0.2, 0.25) is 0 Å². The molecule has 1 aromatic carbocycles. The standard InChI is InChI=1S/C19H20N6S/c1-12-16(10-25(2)24-12)18-7-17(23-19(20)26-18)14-5-3-4-13(6-14)15-8-21-11-22-9-15/h3-6,8-11,17-18H,7H2,1-2H3,(H2,20,23)/t17-,18-/m0/s1. The topological polar surface area (TPSA) is 82.0 Å². The molecule has 0 bridgehead atoms. The summed E-state index contributed by atoms with van der Waals surface area (Å²) in [6, 6.07) is 8.41. The SMILES string of the molecule is Cc1nn(C)cc1[C@@H]1C[C@@H](c2cccc(-c3cncnc3)c2)N=C(N)S1. The van der Waals surface area contributed by atoms with Gasteiger partial charge in [0.1, 0.15) is 6.33 Å². The van der Waals surface area contributed by atoms with Gasteiger partial charge in [-0.2, -0.15) is 5.10 Å². The third kappa shape index (κ3) is 3.35. The van der Waals surface area contributed by atoms with Gasteiger partial charge in [-0.05, 0) is 30.5 Å². The second-order valence-corrected chi connectivity index (χ2v) is 7.64. The molecule has 26 heavy (non-hydrogen) atoms. The van der Waals surface area contributed by atoms with Crippen molar-refractivity contribution < 1.29 is 0 Å². The first-order valence-corrected chi connectivity index (χ1v) is 9.33. The van der Waals surface area contributed by atoms with Crippen LogP contribution in [0.3, 0.4) is 0 Å². The molecule has 0 saturated carbocycles. The van der Waals surface area contributed by atoms with Gasteiger partial charge in [-0.15, -0.1) is 0 Å². The zero-order valence-electron chi connectivity index (χ0n) is 14.7. The summed E-state index contributed by atoms with van der Waals surface area (Å²) in [7, 11) is 1.95. The number of aliphatic imine (C=N–C) groups is 1. The van der Waals surface area contributed by atoms with Gasteiger partial charge in [0.05, 0.1) is 11.7 Å². The van der Waals surface area contributed by atoms with Crippen molar-refractivity contribution in [2.45, 2.75) is 24.6 Å². The van der Waals surface area contributed by atoms with Crippen molar-refractivity contribution in [2.75, 3.05) is 0 Å². The minimum absolute atomic E-state index is 0.0328. The molecule has 2 aromatic heterocycles. The summed E-state index contributed by atoms with van der Waals surface area (Å²) in [6.45, 7) is 2.04. The van der Waals surface area contributed by atoms with Crippen molar-refractivity contribution in [3.8, 4) is 11.1 Å². The van der Waals surface area contributed by atoms with Crippen molar-refractivity contribution in [2.24, 2.45) is 17.8 Å². The summed E-state index contributed by atoms with van der Waals surface area (Å²) >= 11 is 1.62. The van der Waals surface area contributed by atoms with E-state index in [1.165, 1.54) is 11.9 Å². The molecule has 0 aliphatic carbocycles. The molecule has 0 fully saturated rings. The molecule has 6 nitrogen and oxygen atoms in total.